The Morgan fingerprint density at radius 2 is 2.18 bits per heavy atom. The molecule has 0 saturated carbocycles. The van der Waals surface area contributed by atoms with Gasteiger partial charge in [-0.25, -0.2) is 8.42 Å². The number of aryl methyl sites for hydroxylation is 1. The summed E-state index contributed by atoms with van der Waals surface area (Å²) in [5.74, 6) is -1.45. The average molecular weight is 279 g/mol. The van der Waals surface area contributed by atoms with E-state index in [4.69, 9.17) is 5.11 Å². The predicted molar refractivity (Wildman–Crippen MR) is 63.6 cm³/mol. The number of hydrogen-bond donors (Lipinski definition) is 2. The van der Waals surface area contributed by atoms with Gasteiger partial charge in [0.15, 0.2) is 9.84 Å². The number of anilines is 1. The Bertz CT molecular complexity index is 483. The summed E-state index contributed by atoms with van der Waals surface area (Å²) in [4.78, 5) is 11.4. The van der Waals surface area contributed by atoms with Gasteiger partial charge in [-0.2, -0.15) is 0 Å². The quantitative estimate of drug-likeness (QED) is 0.732. The highest BCUT2D eigenvalue weighted by Gasteiger charge is 2.17. The summed E-state index contributed by atoms with van der Waals surface area (Å²) in [6, 6.07) is 0. The van der Waals surface area contributed by atoms with E-state index in [0.717, 1.165) is 0 Å². The molecule has 0 aliphatic carbocycles. The molecule has 0 atom stereocenters. The highest BCUT2D eigenvalue weighted by Crippen LogP contribution is 2.13. The topological polar surface area (TPSA) is 109 Å². The van der Waals surface area contributed by atoms with Crippen LogP contribution in [-0.2, 0) is 14.6 Å². The molecular formula is C8H13N3O4S2. The number of hydrogen-bond acceptors (Lipinski definition) is 7. The van der Waals surface area contributed by atoms with Crippen molar-refractivity contribution >= 4 is 32.2 Å². The molecule has 9 heteroatoms. The van der Waals surface area contributed by atoms with Gasteiger partial charge < -0.3 is 5.11 Å². The van der Waals surface area contributed by atoms with Crippen molar-refractivity contribution in [2.45, 2.75) is 13.3 Å². The molecule has 0 aliphatic rings. The molecule has 0 saturated heterocycles. The van der Waals surface area contributed by atoms with E-state index in [2.05, 4.69) is 15.5 Å². The average Bonchev–Trinajstić information content (AvgIpc) is 2.60. The van der Waals surface area contributed by atoms with E-state index in [1.165, 1.54) is 11.3 Å². The van der Waals surface area contributed by atoms with Gasteiger partial charge >= 0.3 is 0 Å². The van der Waals surface area contributed by atoms with Gasteiger partial charge in [0, 0.05) is 6.61 Å². The minimum absolute atomic E-state index is 0.132. The van der Waals surface area contributed by atoms with Crippen molar-refractivity contribution in [2.75, 3.05) is 23.4 Å². The number of carbonyl (C=O) groups excluding carboxylic acids is 1. The molecule has 0 fully saturated rings. The first-order valence-electron chi connectivity index (χ1n) is 4.84. The number of carbonyl (C=O) groups is 1. The Balaban J connectivity index is 2.49. The van der Waals surface area contributed by atoms with Gasteiger partial charge in [-0.05, 0) is 13.3 Å². The van der Waals surface area contributed by atoms with Gasteiger partial charge in [0.1, 0.15) is 10.8 Å². The zero-order chi connectivity index (χ0) is 12.9. The lowest BCUT2D eigenvalue weighted by molar-refractivity contribution is -0.113. The molecule has 0 radical (unpaired) electrons. The number of sulfone groups is 1. The number of nitrogens with zero attached hydrogens (tertiary/aromatic N) is 2. The summed E-state index contributed by atoms with van der Waals surface area (Å²) in [7, 11) is -3.47. The summed E-state index contributed by atoms with van der Waals surface area (Å²) in [5.41, 5.74) is 0. The molecule has 96 valence electrons. The lowest BCUT2D eigenvalue weighted by Gasteiger charge is -2.02. The van der Waals surface area contributed by atoms with E-state index in [9.17, 15) is 13.2 Å². The fourth-order valence-electron chi connectivity index (χ4n) is 1.06. The molecule has 1 amide bonds. The van der Waals surface area contributed by atoms with Crippen molar-refractivity contribution in [1.82, 2.24) is 10.2 Å². The molecule has 7 nitrogen and oxygen atoms in total. The lowest BCUT2D eigenvalue weighted by atomic mass is 10.5. The van der Waals surface area contributed by atoms with Gasteiger partial charge in [0.2, 0.25) is 11.0 Å². The van der Waals surface area contributed by atoms with Crippen LogP contribution in [0.25, 0.3) is 0 Å². The normalized spacial score (nSPS) is 11.4. The zero-order valence-corrected chi connectivity index (χ0v) is 10.8. The maximum atomic E-state index is 11.4. The fraction of sp³-hybridized carbons (Fsp3) is 0.625. The molecule has 1 rings (SSSR count). The first kappa shape index (κ1) is 14.0. The van der Waals surface area contributed by atoms with Gasteiger partial charge in [0.05, 0.1) is 5.75 Å². The first-order chi connectivity index (χ1) is 7.93. The van der Waals surface area contributed by atoms with Crippen LogP contribution < -0.4 is 5.32 Å². The highest BCUT2D eigenvalue weighted by atomic mass is 32.2. The van der Waals surface area contributed by atoms with Crippen molar-refractivity contribution in [3.05, 3.63) is 5.01 Å². The number of aliphatic hydroxyl groups is 1. The van der Waals surface area contributed by atoms with Crippen LogP contribution >= 0.6 is 11.3 Å². The van der Waals surface area contributed by atoms with Crippen molar-refractivity contribution in [3.8, 4) is 0 Å². The van der Waals surface area contributed by atoms with Crippen LogP contribution in [0.15, 0.2) is 0 Å². The summed E-state index contributed by atoms with van der Waals surface area (Å²) in [5, 5.41) is 19.2. The lowest BCUT2D eigenvalue weighted by Crippen LogP contribution is -2.25. The molecule has 17 heavy (non-hydrogen) atoms. The van der Waals surface area contributed by atoms with Crippen LogP contribution in [0.1, 0.15) is 11.4 Å². The number of aliphatic hydroxyl groups excluding tert-OH is 1. The smallest absolute Gasteiger partial charge is 0.241 e. The number of amides is 1. The Kier molecular flexibility index (Phi) is 4.97. The molecule has 0 unspecified atom stereocenters. The third-order valence-electron chi connectivity index (χ3n) is 1.74. The molecule has 0 aromatic carbocycles. The predicted octanol–water partition coefficient (Wildman–Crippen LogP) is -0.418. The van der Waals surface area contributed by atoms with E-state index in [1.54, 1.807) is 6.92 Å². The third-order valence-corrected chi connectivity index (χ3v) is 4.10. The Morgan fingerprint density at radius 1 is 1.47 bits per heavy atom. The Labute approximate surface area is 103 Å². The van der Waals surface area contributed by atoms with Gasteiger partial charge in [-0.15, -0.1) is 10.2 Å². The van der Waals surface area contributed by atoms with Crippen molar-refractivity contribution in [1.29, 1.82) is 0 Å². The third kappa shape index (κ3) is 5.20. The van der Waals surface area contributed by atoms with Crippen molar-refractivity contribution in [3.63, 3.8) is 0 Å². The molecular weight excluding hydrogens is 266 g/mol. The molecule has 2 N–H and O–H groups in total. The second-order valence-corrected chi connectivity index (χ2v) is 6.71. The van der Waals surface area contributed by atoms with E-state index >= 15 is 0 Å². The first-order valence-corrected chi connectivity index (χ1v) is 7.48. The maximum Gasteiger partial charge on any atom is 0.241 e. The van der Waals surface area contributed by atoms with Crippen molar-refractivity contribution < 1.29 is 18.3 Å². The van der Waals surface area contributed by atoms with Crippen LogP contribution in [0.4, 0.5) is 5.13 Å². The van der Waals surface area contributed by atoms with Gasteiger partial charge in [0.25, 0.3) is 0 Å². The molecule has 0 aliphatic heterocycles. The van der Waals surface area contributed by atoms with E-state index < -0.39 is 21.5 Å². The SMILES string of the molecule is Cc1nnc(NC(=O)CS(=O)(=O)CCCO)s1. The second-order valence-electron chi connectivity index (χ2n) is 3.34. The van der Waals surface area contributed by atoms with Crippen LogP contribution in [0.5, 0.6) is 0 Å². The summed E-state index contributed by atoms with van der Waals surface area (Å²) in [6.45, 7) is 1.52. The second kappa shape index (κ2) is 6.03. The molecule has 0 spiro atoms. The maximum absolute atomic E-state index is 11.4. The monoisotopic (exact) mass is 279 g/mol. The summed E-state index contributed by atoms with van der Waals surface area (Å²) in [6.07, 6.45) is 0.132. The molecule has 1 heterocycles. The molecule has 1 aromatic rings. The van der Waals surface area contributed by atoms with Crippen LogP contribution in [0.2, 0.25) is 0 Å². The summed E-state index contributed by atoms with van der Waals surface area (Å²) >= 11 is 1.17. The zero-order valence-electron chi connectivity index (χ0n) is 9.21. The van der Waals surface area contributed by atoms with E-state index in [0.29, 0.717) is 5.01 Å². The highest BCUT2D eigenvalue weighted by molar-refractivity contribution is 7.92. The largest absolute Gasteiger partial charge is 0.396 e. The number of aromatic nitrogens is 2. The number of nitrogens with one attached hydrogen (secondary N) is 1. The molecule has 1 aromatic heterocycles. The standard InChI is InChI=1S/C8H13N3O4S2/c1-6-10-11-8(16-6)9-7(13)5-17(14,15)4-2-3-12/h12H,2-5H2,1H3,(H,9,11,13). The van der Waals surface area contributed by atoms with Crippen LogP contribution in [0, 0.1) is 6.92 Å². The minimum Gasteiger partial charge on any atom is -0.396 e. The Morgan fingerprint density at radius 3 is 2.71 bits per heavy atom. The van der Waals surface area contributed by atoms with Gasteiger partial charge in [-0.3, -0.25) is 10.1 Å². The van der Waals surface area contributed by atoms with Crippen molar-refractivity contribution in [2.24, 2.45) is 0 Å². The van der Waals surface area contributed by atoms with Gasteiger partial charge in [-0.1, -0.05) is 11.3 Å². The fourth-order valence-corrected chi connectivity index (χ4v) is 2.85. The van der Waals surface area contributed by atoms with E-state index in [1.807, 2.05) is 0 Å². The molecule has 0 bridgehead atoms. The Hall–Kier alpha value is -1.06. The van der Waals surface area contributed by atoms with Crippen LogP contribution in [0.3, 0.4) is 0 Å². The van der Waals surface area contributed by atoms with Crippen LogP contribution in [-0.4, -0.2) is 47.7 Å². The van der Waals surface area contributed by atoms with E-state index in [-0.39, 0.29) is 23.9 Å². The summed E-state index contributed by atoms with van der Waals surface area (Å²) < 4.78 is 22.8. The minimum atomic E-state index is -3.47. The number of rotatable bonds is 6.